The van der Waals surface area contributed by atoms with Gasteiger partial charge in [0.15, 0.2) is 0 Å². The Bertz CT molecular complexity index is 113. The standard InChI is InChI=1S/C8H20NO3/c1-9(2,5-6-10)7-8(11-3)12-4/h8,10H,5-7H2,1-4H3/q+1. The highest BCUT2D eigenvalue weighted by Gasteiger charge is 2.20. The first-order valence-corrected chi connectivity index (χ1v) is 4.04. The number of likely N-dealkylation sites (N-methyl/N-ethyl adjacent to an activating group) is 1. The van der Waals surface area contributed by atoms with Crippen LogP contribution in [0, 0.1) is 0 Å². The second-order valence-corrected chi connectivity index (χ2v) is 3.47. The van der Waals surface area contributed by atoms with Crippen molar-refractivity contribution in [2.24, 2.45) is 0 Å². The van der Waals surface area contributed by atoms with E-state index in [2.05, 4.69) is 0 Å². The Kier molecular flexibility index (Phi) is 5.41. The highest BCUT2D eigenvalue weighted by atomic mass is 16.7. The van der Waals surface area contributed by atoms with E-state index in [4.69, 9.17) is 14.6 Å². The van der Waals surface area contributed by atoms with Gasteiger partial charge in [0.1, 0.15) is 13.1 Å². The predicted octanol–water partition coefficient (Wildman–Crippen LogP) is -0.326. The number of nitrogens with zero attached hydrogens (tertiary/aromatic N) is 1. The van der Waals surface area contributed by atoms with Crippen LogP contribution in [0.1, 0.15) is 0 Å². The smallest absolute Gasteiger partial charge is 0.207 e. The first kappa shape index (κ1) is 11.8. The van der Waals surface area contributed by atoms with Gasteiger partial charge in [0.25, 0.3) is 0 Å². The third kappa shape index (κ3) is 4.66. The molecule has 0 saturated carbocycles. The van der Waals surface area contributed by atoms with Crippen molar-refractivity contribution in [3.05, 3.63) is 0 Å². The van der Waals surface area contributed by atoms with Crippen LogP contribution in [0.4, 0.5) is 0 Å². The lowest BCUT2D eigenvalue weighted by atomic mass is 10.4. The molecule has 4 nitrogen and oxygen atoms in total. The molecule has 0 rings (SSSR count). The van der Waals surface area contributed by atoms with E-state index in [9.17, 15) is 0 Å². The van der Waals surface area contributed by atoms with Crippen molar-refractivity contribution in [1.82, 2.24) is 0 Å². The summed E-state index contributed by atoms with van der Waals surface area (Å²) in [5.74, 6) is 0. The Hall–Kier alpha value is -0.160. The third-order valence-corrected chi connectivity index (χ3v) is 1.87. The second-order valence-electron chi connectivity index (χ2n) is 3.47. The molecule has 0 aromatic rings. The van der Waals surface area contributed by atoms with Crippen LogP contribution < -0.4 is 0 Å². The SMILES string of the molecule is COC(C[N+](C)(C)CCO)OC. The minimum Gasteiger partial charge on any atom is -0.391 e. The maximum atomic E-state index is 8.76. The van der Waals surface area contributed by atoms with Gasteiger partial charge in [-0.3, -0.25) is 0 Å². The summed E-state index contributed by atoms with van der Waals surface area (Å²) in [5, 5.41) is 8.76. The summed E-state index contributed by atoms with van der Waals surface area (Å²) >= 11 is 0. The van der Waals surface area contributed by atoms with Crippen molar-refractivity contribution < 1.29 is 19.1 Å². The summed E-state index contributed by atoms with van der Waals surface area (Å²) in [6, 6.07) is 0. The van der Waals surface area contributed by atoms with Gasteiger partial charge in [-0.05, 0) is 0 Å². The van der Waals surface area contributed by atoms with E-state index >= 15 is 0 Å². The zero-order valence-electron chi connectivity index (χ0n) is 8.41. The van der Waals surface area contributed by atoms with E-state index in [0.29, 0.717) is 11.0 Å². The van der Waals surface area contributed by atoms with Gasteiger partial charge >= 0.3 is 0 Å². The molecule has 0 aromatic carbocycles. The van der Waals surface area contributed by atoms with Gasteiger partial charge in [-0.1, -0.05) is 0 Å². The van der Waals surface area contributed by atoms with Gasteiger partial charge < -0.3 is 19.1 Å². The Morgan fingerprint density at radius 3 is 2.08 bits per heavy atom. The molecular weight excluding hydrogens is 158 g/mol. The minimum absolute atomic E-state index is 0.188. The minimum atomic E-state index is -0.188. The van der Waals surface area contributed by atoms with Crippen molar-refractivity contribution in [2.45, 2.75) is 6.29 Å². The molecular formula is C8H20NO3+. The summed E-state index contributed by atoms with van der Waals surface area (Å²) in [5.41, 5.74) is 0. The van der Waals surface area contributed by atoms with E-state index in [1.165, 1.54) is 0 Å². The van der Waals surface area contributed by atoms with Crippen LogP contribution in [-0.4, -0.2) is 63.9 Å². The fraction of sp³-hybridized carbons (Fsp3) is 1.00. The summed E-state index contributed by atoms with van der Waals surface area (Å²) in [6.07, 6.45) is -0.188. The molecule has 4 heteroatoms. The Morgan fingerprint density at radius 2 is 1.75 bits per heavy atom. The molecule has 0 unspecified atom stereocenters. The molecule has 0 fully saturated rings. The first-order valence-electron chi connectivity index (χ1n) is 4.04. The van der Waals surface area contributed by atoms with Crippen LogP contribution in [0.25, 0.3) is 0 Å². The fourth-order valence-corrected chi connectivity index (χ4v) is 1.01. The fourth-order valence-electron chi connectivity index (χ4n) is 1.01. The van der Waals surface area contributed by atoms with E-state index in [-0.39, 0.29) is 12.9 Å². The number of aliphatic hydroxyl groups is 1. The van der Waals surface area contributed by atoms with E-state index in [0.717, 1.165) is 6.54 Å². The topological polar surface area (TPSA) is 38.7 Å². The predicted molar refractivity (Wildman–Crippen MR) is 46.7 cm³/mol. The van der Waals surface area contributed by atoms with Gasteiger partial charge in [-0.2, -0.15) is 0 Å². The van der Waals surface area contributed by atoms with Gasteiger partial charge in [0.2, 0.25) is 6.29 Å². The summed E-state index contributed by atoms with van der Waals surface area (Å²) in [6.45, 7) is 1.64. The number of ether oxygens (including phenoxy) is 2. The maximum Gasteiger partial charge on any atom is 0.207 e. The summed E-state index contributed by atoms with van der Waals surface area (Å²) in [4.78, 5) is 0. The Labute approximate surface area is 74.3 Å². The molecule has 0 bridgehead atoms. The van der Waals surface area contributed by atoms with Crippen LogP contribution in [0.2, 0.25) is 0 Å². The van der Waals surface area contributed by atoms with Crippen LogP contribution in [0.5, 0.6) is 0 Å². The highest BCUT2D eigenvalue weighted by molar-refractivity contribution is 4.40. The Balaban J connectivity index is 3.84. The summed E-state index contributed by atoms with van der Waals surface area (Å²) in [7, 11) is 7.29. The van der Waals surface area contributed by atoms with Crippen LogP contribution in [0.3, 0.4) is 0 Å². The van der Waals surface area contributed by atoms with Gasteiger partial charge in [-0.15, -0.1) is 0 Å². The molecule has 0 aliphatic carbocycles. The molecule has 0 aliphatic rings. The monoisotopic (exact) mass is 178 g/mol. The number of methoxy groups -OCH3 is 2. The Morgan fingerprint density at radius 1 is 1.25 bits per heavy atom. The zero-order valence-corrected chi connectivity index (χ0v) is 8.41. The number of hydrogen-bond acceptors (Lipinski definition) is 3. The van der Waals surface area contributed by atoms with Gasteiger partial charge in [-0.25, -0.2) is 0 Å². The lowest BCUT2D eigenvalue weighted by Crippen LogP contribution is -2.48. The lowest BCUT2D eigenvalue weighted by molar-refractivity contribution is -0.896. The third-order valence-electron chi connectivity index (χ3n) is 1.87. The van der Waals surface area contributed by atoms with E-state index in [1.807, 2.05) is 14.1 Å². The molecule has 0 saturated heterocycles. The lowest BCUT2D eigenvalue weighted by Gasteiger charge is -2.31. The molecule has 0 aromatic heterocycles. The van der Waals surface area contributed by atoms with Crippen molar-refractivity contribution in [1.29, 1.82) is 0 Å². The average Bonchev–Trinajstić information content (AvgIpc) is 2.00. The maximum absolute atomic E-state index is 8.76. The second kappa shape index (κ2) is 5.48. The van der Waals surface area contributed by atoms with Gasteiger partial charge in [0.05, 0.1) is 20.7 Å². The quantitative estimate of drug-likeness (QED) is 0.447. The van der Waals surface area contributed by atoms with Gasteiger partial charge in [0, 0.05) is 14.2 Å². The van der Waals surface area contributed by atoms with Crippen molar-refractivity contribution >= 4 is 0 Å². The van der Waals surface area contributed by atoms with Crippen molar-refractivity contribution in [3.63, 3.8) is 0 Å². The molecule has 0 heterocycles. The van der Waals surface area contributed by atoms with E-state index in [1.54, 1.807) is 14.2 Å². The van der Waals surface area contributed by atoms with Crippen LogP contribution in [-0.2, 0) is 9.47 Å². The molecule has 0 aliphatic heterocycles. The number of hydrogen-bond donors (Lipinski definition) is 1. The normalized spacial score (nSPS) is 12.5. The van der Waals surface area contributed by atoms with Crippen molar-refractivity contribution in [2.75, 3.05) is 48.0 Å². The molecule has 1 N–H and O–H groups in total. The summed E-state index contributed by atoms with van der Waals surface area (Å²) < 4.78 is 10.8. The van der Waals surface area contributed by atoms with Crippen LogP contribution >= 0.6 is 0 Å². The first-order chi connectivity index (χ1) is 5.55. The molecule has 12 heavy (non-hydrogen) atoms. The molecule has 0 spiro atoms. The molecule has 74 valence electrons. The van der Waals surface area contributed by atoms with Crippen LogP contribution in [0.15, 0.2) is 0 Å². The highest BCUT2D eigenvalue weighted by Crippen LogP contribution is 2.01. The molecule has 0 radical (unpaired) electrons. The van der Waals surface area contributed by atoms with Crippen molar-refractivity contribution in [3.8, 4) is 0 Å². The molecule has 0 amide bonds. The average molecular weight is 178 g/mol. The zero-order chi connectivity index (χ0) is 9.61. The number of aliphatic hydroxyl groups excluding tert-OH is 1. The van der Waals surface area contributed by atoms with E-state index < -0.39 is 0 Å². The largest absolute Gasteiger partial charge is 0.391 e. The molecule has 0 atom stereocenters. The number of quaternary nitrogens is 1. The number of rotatable bonds is 6.